The lowest BCUT2D eigenvalue weighted by atomic mass is 10.2. The zero-order valence-electron chi connectivity index (χ0n) is 10.1. The molecule has 2 rings (SSSR count). The van der Waals surface area contributed by atoms with Gasteiger partial charge in [0.1, 0.15) is 6.23 Å². The van der Waals surface area contributed by atoms with Crippen LogP contribution in [0.25, 0.3) is 0 Å². The smallest absolute Gasteiger partial charge is 0.245 e. The first-order chi connectivity index (χ1) is 8.05. The Morgan fingerprint density at radius 3 is 2.47 bits per heavy atom. The van der Waals surface area contributed by atoms with Crippen molar-refractivity contribution in [1.29, 1.82) is 0 Å². The molecule has 1 aromatic rings. The number of aryl methyl sites for hydroxylation is 1. The Hall–Kier alpha value is -0.910. The van der Waals surface area contributed by atoms with Crippen LogP contribution in [0.1, 0.15) is 19.4 Å². The van der Waals surface area contributed by atoms with Gasteiger partial charge in [-0.25, -0.2) is 8.42 Å². The summed E-state index contributed by atoms with van der Waals surface area (Å²) in [6.45, 7) is 4.69. The largest absolute Gasteiger partial charge is 0.361 e. The Kier molecular flexibility index (Phi) is 3.51. The van der Waals surface area contributed by atoms with Gasteiger partial charge in [-0.2, -0.15) is 4.31 Å². The van der Waals surface area contributed by atoms with Gasteiger partial charge < -0.3 is 4.74 Å². The topological polar surface area (TPSA) is 46.6 Å². The summed E-state index contributed by atoms with van der Waals surface area (Å²) in [5.41, 5.74) is 1.13. The van der Waals surface area contributed by atoms with Crippen LogP contribution in [-0.2, 0) is 21.2 Å². The summed E-state index contributed by atoms with van der Waals surface area (Å²) >= 11 is 0. The molecule has 0 radical (unpaired) electrons. The van der Waals surface area contributed by atoms with Crippen molar-refractivity contribution in [3.63, 3.8) is 0 Å². The molecule has 0 N–H and O–H groups in total. The molecule has 1 aliphatic heterocycles. The minimum absolute atomic E-state index is 0.340. The summed E-state index contributed by atoms with van der Waals surface area (Å²) in [5, 5.41) is 0. The highest BCUT2D eigenvalue weighted by atomic mass is 32.2. The monoisotopic (exact) mass is 255 g/mol. The molecule has 0 aliphatic carbocycles. The van der Waals surface area contributed by atoms with E-state index in [4.69, 9.17) is 4.74 Å². The summed E-state index contributed by atoms with van der Waals surface area (Å²) in [6.07, 6.45) is 0.537. The number of sulfonamides is 1. The maximum absolute atomic E-state index is 12.3. The molecule has 1 atom stereocenters. The van der Waals surface area contributed by atoms with E-state index >= 15 is 0 Å². The van der Waals surface area contributed by atoms with Crippen LogP contribution < -0.4 is 0 Å². The Labute approximate surface area is 102 Å². The highest BCUT2D eigenvalue weighted by Gasteiger charge is 2.33. The number of ether oxygens (including phenoxy) is 1. The third-order valence-corrected chi connectivity index (χ3v) is 4.98. The second kappa shape index (κ2) is 4.76. The average molecular weight is 255 g/mol. The van der Waals surface area contributed by atoms with E-state index in [1.165, 1.54) is 4.31 Å². The quantitative estimate of drug-likeness (QED) is 0.824. The van der Waals surface area contributed by atoms with Crippen molar-refractivity contribution >= 4 is 10.0 Å². The van der Waals surface area contributed by atoms with Crippen molar-refractivity contribution in [3.8, 4) is 0 Å². The van der Waals surface area contributed by atoms with E-state index in [0.717, 1.165) is 12.0 Å². The Bertz CT molecular complexity index is 481. The molecule has 5 heteroatoms. The van der Waals surface area contributed by atoms with Crippen molar-refractivity contribution in [3.05, 3.63) is 29.8 Å². The number of rotatable bonds is 3. The minimum Gasteiger partial charge on any atom is -0.361 e. The molecular weight excluding hydrogens is 238 g/mol. The minimum atomic E-state index is -3.40. The van der Waals surface area contributed by atoms with Gasteiger partial charge in [0.15, 0.2) is 0 Å². The summed E-state index contributed by atoms with van der Waals surface area (Å²) in [5.74, 6) is 0. The third kappa shape index (κ3) is 2.36. The maximum Gasteiger partial charge on any atom is 0.245 e. The van der Waals surface area contributed by atoms with Gasteiger partial charge >= 0.3 is 0 Å². The van der Waals surface area contributed by atoms with Crippen LogP contribution in [0.15, 0.2) is 29.2 Å². The molecule has 0 amide bonds. The summed E-state index contributed by atoms with van der Waals surface area (Å²) in [6, 6.07) is 7.04. The lowest BCUT2D eigenvalue weighted by molar-refractivity contribution is 0.0846. The van der Waals surface area contributed by atoms with E-state index in [1.807, 2.05) is 19.1 Å². The second-order valence-corrected chi connectivity index (χ2v) is 5.97. The van der Waals surface area contributed by atoms with Crippen LogP contribution in [0.5, 0.6) is 0 Å². The van der Waals surface area contributed by atoms with Crippen LogP contribution in [0.3, 0.4) is 0 Å². The third-order valence-electron chi connectivity index (χ3n) is 3.01. The van der Waals surface area contributed by atoms with Crippen LogP contribution in [0.2, 0.25) is 0 Å². The van der Waals surface area contributed by atoms with Gasteiger partial charge in [0, 0.05) is 6.54 Å². The normalized spacial score (nSPS) is 21.9. The number of hydrogen-bond donors (Lipinski definition) is 0. The first-order valence-corrected chi connectivity index (χ1v) is 7.22. The first kappa shape index (κ1) is 12.5. The zero-order chi connectivity index (χ0) is 12.5. The molecule has 4 nitrogen and oxygen atoms in total. The van der Waals surface area contributed by atoms with E-state index in [0.29, 0.717) is 18.0 Å². The fourth-order valence-corrected chi connectivity index (χ4v) is 3.44. The zero-order valence-corrected chi connectivity index (χ0v) is 10.9. The molecular formula is C12H17NO3S. The van der Waals surface area contributed by atoms with Crippen LogP contribution in [0.4, 0.5) is 0 Å². The Balaban J connectivity index is 2.31. The molecule has 1 aliphatic rings. The van der Waals surface area contributed by atoms with Gasteiger partial charge in [0.2, 0.25) is 10.0 Å². The van der Waals surface area contributed by atoms with Crippen molar-refractivity contribution in [2.75, 3.05) is 13.2 Å². The van der Waals surface area contributed by atoms with E-state index < -0.39 is 10.0 Å². The number of benzene rings is 1. The van der Waals surface area contributed by atoms with Gasteiger partial charge in [0.05, 0.1) is 11.5 Å². The molecule has 0 bridgehead atoms. The van der Waals surface area contributed by atoms with Crippen molar-refractivity contribution in [1.82, 2.24) is 4.31 Å². The lowest BCUT2D eigenvalue weighted by Crippen LogP contribution is -2.34. The fraction of sp³-hybridized carbons (Fsp3) is 0.500. The molecule has 1 aromatic carbocycles. The number of nitrogens with zero attached hydrogens (tertiary/aromatic N) is 1. The molecule has 1 heterocycles. The highest BCUT2D eigenvalue weighted by molar-refractivity contribution is 7.89. The van der Waals surface area contributed by atoms with E-state index in [9.17, 15) is 8.42 Å². The lowest BCUT2D eigenvalue weighted by Gasteiger charge is -2.19. The van der Waals surface area contributed by atoms with Crippen molar-refractivity contribution < 1.29 is 13.2 Å². The molecule has 0 aromatic heterocycles. The SMILES string of the molecule is CCc1ccc(S(=O)(=O)N2CCOC2C)cc1. The molecule has 17 heavy (non-hydrogen) atoms. The van der Waals surface area contributed by atoms with Gasteiger partial charge in [-0.1, -0.05) is 19.1 Å². The fourth-order valence-electron chi connectivity index (χ4n) is 1.93. The van der Waals surface area contributed by atoms with Crippen molar-refractivity contribution in [2.24, 2.45) is 0 Å². The molecule has 94 valence electrons. The van der Waals surface area contributed by atoms with E-state index in [2.05, 4.69) is 0 Å². The second-order valence-electron chi connectivity index (χ2n) is 4.08. The number of hydrogen-bond acceptors (Lipinski definition) is 3. The van der Waals surface area contributed by atoms with Gasteiger partial charge in [0.25, 0.3) is 0 Å². The van der Waals surface area contributed by atoms with Crippen LogP contribution >= 0.6 is 0 Å². The summed E-state index contributed by atoms with van der Waals surface area (Å²) in [7, 11) is -3.40. The summed E-state index contributed by atoms with van der Waals surface area (Å²) < 4.78 is 31.2. The predicted molar refractivity (Wildman–Crippen MR) is 65.1 cm³/mol. The summed E-state index contributed by atoms with van der Waals surface area (Å²) in [4.78, 5) is 0.340. The predicted octanol–water partition coefficient (Wildman–Crippen LogP) is 1.62. The molecule has 1 saturated heterocycles. The van der Waals surface area contributed by atoms with Gasteiger partial charge in [-0.15, -0.1) is 0 Å². The molecule has 0 saturated carbocycles. The standard InChI is InChI=1S/C12H17NO3S/c1-3-11-4-6-12(7-5-11)17(14,15)13-8-9-16-10(13)2/h4-7,10H,3,8-9H2,1-2H3. The maximum atomic E-state index is 12.3. The molecule has 1 unspecified atom stereocenters. The van der Waals surface area contributed by atoms with Crippen molar-refractivity contribution in [2.45, 2.75) is 31.4 Å². The Morgan fingerprint density at radius 2 is 2.00 bits per heavy atom. The van der Waals surface area contributed by atoms with Gasteiger partial charge in [-0.05, 0) is 31.0 Å². The molecule has 0 spiro atoms. The average Bonchev–Trinajstić information content (AvgIpc) is 2.76. The van der Waals surface area contributed by atoms with Gasteiger partial charge in [-0.3, -0.25) is 0 Å². The Morgan fingerprint density at radius 1 is 1.35 bits per heavy atom. The van der Waals surface area contributed by atoms with E-state index in [1.54, 1.807) is 19.1 Å². The molecule has 1 fully saturated rings. The van der Waals surface area contributed by atoms with E-state index in [-0.39, 0.29) is 6.23 Å². The highest BCUT2D eigenvalue weighted by Crippen LogP contribution is 2.22. The first-order valence-electron chi connectivity index (χ1n) is 5.78. The van der Waals surface area contributed by atoms with Crippen LogP contribution in [-0.4, -0.2) is 32.1 Å². The van der Waals surface area contributed by atoms with Crippen LogP contribution in [0, 0.1) is 0 Å².